The number of pyridine rings is 1. The molecule has 1 nitrogen and oxygen atoms in total. The zero-order valence-corrected chi connectivity index (χ0v) is 9.99. The van der Waals surface area contributed by atoms with Crippen molar-refractivity contribution in [3.8, 4) is 0 Å². The molecule has 0 aliphatic heterocycles. The van der Waals surface area contributed by atoms with Crippen LogP contribution in [0.5, 0.6) is 0 Å². The van der Waals surface area contributed by atoms with Gasteiger partial charge in [0.05, 0.1) is 0 Å². The molecule has 15 heavy (non-hydrogen) atoms. The van der Waals surface area contributed by atoms with Gasteiger partial charge in [0.15, 0.2) is 0 Å². The molecule has 80 valence electrons. The lowest BCUT2D eigenvalue weighted by Gasteiger charge is -2.07. The fourth-order valence-electron chi connectivity index (χ4n) is 1.43. The van der Waals surface area contributed by atoms with E-state index >= 15 is 0 Å². The number of rotatable bonds is 3. The molecule has 0 aromatic carbocycles. The van der Waals surface area contributed by atoms with Gasteiger partial charge >= 0.3 is 0 Å². The van der Waals surface area contributed by atoms with Crippen LogP contribution >= 0.6 is 0 Å². The Morgan fingerprint density at radius 1 is 1.40 bits per heavy atom. The van der Waals surface area contributed by atoms with Gasteiger partial charge in [0.1, 0.15) is 0 Å². The van der Waals surface area contributed by atoms with Crippen molar-refractivity contribution < 1.29 is 0 Å². The van der Waals surface area contributed by atoms with Crippen molar-refractivity contribution in [3.05, 3.63) is 47.3 Å². The zero-order chi connectivity index (χ0) is 11.3. The van der Waals surface area contributed by atoms with Gasteiger partial charge < -0.3 is 0 Å². The van der Waals surface area contributed by atoms with Crippen LogP contribution in [0.1, 0.15) is 32.0 Å². The third kappa shape index (κ3) is 3.35. The van der Waals surface area contributed by atoms with E-state index in [4.69, 9.17) is 0 Å². The Hall–Kier alpha value is -1.37. The molecule has 1 rings (SSSR count). The summed E-state index contributed by atoms with van der Waals surface area (Å²) in [4.78, 5) is 4.28. The van der Waals surface area contributed by atoms with Crippen molar-refractivity contribution in [2.24, 2.45) is 5.92 Å². The first-order chi connectivity index (χ1) is 7.15. The summed E-state index contributed by atoms with van der Waals surface area (Å²) in [7, 11) is 0. The van der Waals surface area contributed by atoms with E-state index in [2.05, 4.69) is 43.1 Å². The van der Waals surface area contributed by atoms with E-state index in [9.17, 15) is 0 Å². The lowest BCUT2D eigenvalue weighted by Crippen LogP contribution is -1.92. The highest BCUT2D eigenvalue weighted by atomic mass is 14.7. The van der Waals surface area contributed by atoms with Crippen molar-refractivity contribution in [2.45, 2.75) is 27.7 Å². The molecule has 0 bridgehead atoms. The first-order valence-corrected chi connectivity index (χ1v) is 5.41. The smallest absolute Gasteiger partial charge is 0.0444 e. The summed E-state index contributed by atoms with van der Waals surface area (Å²) < 4.78 is 0. The van der Waals surface area contributed by atoms with E-state index in [0.29, 0.717) is 5.92 Å². The molecule has 0 amide bonds. The van der Waals surface area contributed by atoms with Crippen LogP contribution in [0.2, 0.25) is 0 Å². The monoisotopic (exact) mass is 201 g/mol. The fourth-order valence-corrected chi connectivity index (χ4v) is 1.43. The van der Waals surface area contributed by atoms with Crippen molar-refractivity contribution in [1.82, 2.24) is 4.98 Å². The normalized spacial score (nSPS) is 12.7. The summed E-state index contributed by atoms with van der Waals surface area (Å²) in [5, 5.41) is 0. The molecule has 0 atom stereocenters. The minimum atomic E-state index is 0.542. The topological polar surface area (TPSA) is 12.9 Å². The van der Waals surface area contributed by atoms with Crippen molar-refractivity contribution >= 4 is 6.08 Å². The van der Waals surface area contributed by atoms with Crippen molar-refractivity contribution in [3.63, 3.8) is 0 Å². The Kier molecular flexibility index (Phi) is 4.29. The Bertz CT molecular complexity index is 373. The van der Waals surface area contributed by atoms with Crippen LogP contribution in [-0.2, 0) is 0 Å². The van der Waals surface area contributed by atoms with Gasteiger partial charge in [-0.1, -0.05) is 32.1 Å². The van der Waals surface area contributed by atoms with E-state index in [0.717, 1.165) is 5.69 Å². The molecule has 0 aliphatic rings. The molecule has 0 aliphatic carbocycles. The van der Waals surface area contributed by atoms with Gasteiger partial charge in [-0.3, -0.25) is 4.98 Å². The van der Waals surface area contributed by atoms with E-state index < -0.39 is 0 Å². The predicted molar refractivity (Wildman–Crippen MR) is 66.6 cm³/mol. The minimum absolute atomic E-state index is 0.542. The molecule has 0 saturated carbocycles. The van der Waals surface area contributed by atoms with Crippen LogP contribution in [-0.4, -0.2) is 4.98 Å². The van der Waals surface area contributed by atoms with Crippen molar-refractivity contribution in [1.29, 1.82) is 0 Å². The molecular weight excluding hydrogens is 182 g/mol. The fraction of sp³-hybridized carbons (Fsp3) is 0.357. The molecule has 0 fully saturated rings. The number of nitrogens with zero attached hydrogens (tertiary/aromatic N) is 1. The predicted octanol–water partition coefficient (Wildman–Crippen LogP) is 4.01. The number of aromatic nitrogens is 1. The minimum Gasteiger partial charge on any atom is -0.261 e. The summed E-state index contributed by atoms with van der Waals surface area (Å²) in [6.07, 6.45) is 8.29. The first-order valence-electron chi connectivity index (χ1n) is 5.41. The van der Waals surface area contributed by atoms with E-state index in [1.807, 2.05) is 26.1 Å². The molecule has 1 aromatic heterocycles. The molecule has 1 aromatic rings. The summed E-state index contributed by atoms with van der Waals surface area (Å²) in [6, 6.07) is 4.08. The van der Waals surface area contributed by atoms with Crippen LogP contribution in [0.4, 0.5) is 0 Å². The molecular formula is C14H19N. The maximum atomic E-state index is 4.28. The molecule has 0 radical (unpaired) electrons. The number of hydrogen-bond donors (Lipinski definition) is 0. The molecule has 0 saturated heterocycles. The van der Waals surface area contributed by atoms with Gasteiger partial charge in [-0.05, 0) is 43.0 Å². The van der Waals surface area contributed by atoms with Gasteiger partial charge in [-0.25, -0.2) is 0 Å². The van der Waals surface area contributed by atoms with Gasteiger partial charge in [0.2, 0.25) is 0 Å². The average Bonchev–Trinajstić information content (AvgIpc) is 2.20. The number of allylic oxidation sites excluding steroid dienone is 3. The summed E-state index contributed by atoms with van der Waals surface area (Å²) in [5.41, 5.74) is 3.63. The quantitative estimate of drug-likeness (QED) is 0.673. The van der Waals surface area contributed by atoms with Gasteiger partial charge in [-0.2, -0.15) is 0 Å². The molecule has 0 N–H and O–H groups in total. The Morgan fingerprint density at radius 2 is 2.13 bits per heavy atom. The highest BCUT2D eigenvalue weighted by Gasteiger charge is 2.01. The molecule has 0 unspecified atom stereocenters. The summed E-state index contributed by atoms with van der Waals surface area (Å²) >= 11 is 0. The zero-order valence-electron chi connectivity index (χ0n) is 9.99. The molecule has 1 heteroatoms. The third-order valence-corrected chi connectivity index (χ3v) is 2.40. The van der Waals surface area contributed by atoms with Crippen LogP contribution in [0.15, 0.2) is 36.1 Å². The van der Waals surface area contributed by atoms with E-state index in [1.165, 1.54) is 11.1 Å². The highest BCUT2D eigenvalue weighted by Crippen LogP contribution is 2.17. The van der Waals surface area contributed by atoms with Gasteiger partial charge in [0.25, 0.3) is 0 Å². The van der Waals surface area contributed by atoms with Crippen molar-refractivity contribution in [2.75, 3.05) is 0 Å². The van der Waals surface area contributed by atoms with E-state index in [1.54, 1.807) is 0 Å². The molecule has 1 heterocycles. The lowest BCUT2D eigenvalue weighted by molar-refractivity contribution is 0.797. The van der Waals surface area contributed by atoms with Crippen LogP contribution in [0.3, 0.4) is 0 Å². The van der Waals surface area contributed by atoms with Crippen LogP contribution < -0.4 is 0 Å². The largest absolute Gasteiger partial charge is 0.261 e. The Balaban J connectivity index is 3.07. The first kappa shape index (κ1) is 11.7. The summed E-state index contributed by atoms with van der Waals surface area (Å²) in [5.74, 6) is 0.542. The Labute approximate surface area is 92.6 Å². The second-order valence-corrected chi connectivity index (χ2v) is 3.98. The number of aryl methyl sites for hydroxylation is 1. The lowest BCUT2D eigenvalue weighted by atomic mass is 9.99. The highest BCUT2D eigenvalue weighted by molar-refractivity contribution is 5.57. The standard InChI is InChI=1S/C14H19N/c1-5-7-13(11(2)3)10-14-8-6-9-15-12(14)4/h5-11H,1-4H3/b7-5-,13-10+. The second kappa shape index (κ2) is 5.50. The maximum Gasteiger partial charge on any atom is 0.0444 e. The van der Waals surface area contributed by atoms with Crippen LogP contribution in [0, 0.1) is 12.8 Å². The maximum absolute atomic E-state index is 4.28. The SMILES string of the molecule is C/C=C\C(=C/c1cccnc1C)C(C)C. The molecule has 0 spiro atoms. The average molecular weight is 201 g/mol. The third-order valence-electron chi connectivity index (χ3n) is 2.40. The van der Waals surface area contributed by atoms with E-state index in [-0.39, 0.29) is 0 Å². The number of hydrogen-bond acceptors (Lipinski definition) is 1. The van der Waals surface area contributed by atoms with Crippen LogP contribution in [0.25, 0.3) is 6.08 Å². The Morgan fingerprint density at radius 3 is 2.67 bits per heavy atom. The van der Waals surface area contributed by atoms with Gasteiger partial charge in [-0.15, -0.1) is 0 Å². The second-order valence-electron chi connectivity index (χ2n) is 3.98. The van der Waals surface area contributed by atoms with Gasteiger partial charge in [0, 0.05) is 11.9 Å². The summed E-state index contributed by atoms with van der Waals surface area (Å²) in [6.45, 7) is 8.50.